The second-order valence-corrected chi connectivity index (χ2v) is 5.22. The van der Waals surface area contributed by atoms with Crippen molar-refractivity contribution in [3.8, 4) is 0 Å². The fourth-order valence-corrected chi connectivity index (χ4v) is 2.25. The largest absolute Gasteiger partial charge is 0.433 e. The summed E-state index contributed by atoms with van der Waals surface area (Å²) in [5.41, 5.74) is 9.63. The SMILES string of the molecule is CC1(C(N)=O)CCN(c2cc(C(F)(F)F)ncc2N)C1. The standard InChI is InChI=1S/C12H15F3N4O/c1-11(10(17)20)2-3-19(6-11)8-4-9(12(13,14)15)18-5-7(8)16/h4-5H,2-3,6,16H2,1H3,(H2,17,20). The van der Waals surface area contributed by atoms with E-state index in [-0.39, 0.29) is 17.9 Å². The summed E-state index contributed by atoms with van der Waals surface area (Å²) < 4.78 is 38.0. The third-order valence-corrected chi connectivity index (χ3v) is 3.61. The van der Waals surface area contributed by atoms with Crippen molar-refractivity contribution in [2.24, 2.45) is 11.1 Å². The molecule has 2 heterocycles. The Morgan fingerprint density at radius 1 is 1.50 bits per heavy atom. The molecule has 8 heteroatoms. The van der Waals surface area contributed by atoms with Crippen LogP contribution in [0, 0.1) is 5.41 Å². The highest BCUT2D eigenvalue weighted by atomic mass is 19.4. The number of carbonyl (C=O) groups is 1. The second-order valence-electron chi connectivity index (χ2n) is 5.22. The van der Waals surface area contributed by atoms with Crippen LogP contribution in [0.15, 0.2) is 12.3 Å². The Labute approximate surface area is 113 Å². The monoisotopic (exact) mass is 288 g/mol. The zero-order valence-electron chi connectivity index (χ0n) is 10.9. The van der Waals surface area contributed by atoms with Gasteiger partial charge in [-0.3, -0.25) is 4.79 Å². The molecule has 1 aliphatic heterocycles. The van der Waals surface area contributed by atoms with Crippen molar-refractivity contribution < 1.29 is 18.0 Å². The van der Waals surface area contributed by atoms with Crippen molar-refractivity contribution in [1.82, 2.24) is 4.98 Å². The topological polar surface area (TPSA) is 85.2 Å². The molecule has 1 atom stereocenters. The lowest BCUT2D eigenvalue weighted by Gasteiger charge is -2.24. The van der Waals surface area contributed by atoms with Crippen molar-refractivity contribution >= 4 is 17.3 Å². The van der Waals surface area contributed by atoms with Gasteiger partial charge in [0.05, 0.1) is 23.0 Å². The van der Waals surface area contributed by atoms with E-state index >= 15 is 0 Å². The number of rotatable bonds is 2. The van der Waals surface area contributed by atoms with Gasteiger partial charge in [-0.1, -0.05) is 0 Å². The molecule has 0 aliphatic carbocycles. The van der Waals surface area contributed by atoms with Gasteiger partial charge in [0.1, 0.15) is 5.69 Å². The molecule has 20 heavy (non-hydrogen) atoms. The average molecular weight is 288 g/mol. The number of halogens is 3. The smallest absolute Gasteiger partial charge is 0.396 e. The normalized spacial score (nSPS) is 23.1. The van der Waals surface area contributed by atoms with E-state index in [2.05, 4.69) is 4.98 Å². The first-order valence-electron chi connectivity index (χ1n) is 6.01. The van der Waals surface area contributed by atoms with Gasteiger partial charge in [0, 0.05) is 13.1 Å². The van der Waals surface area contributed by atoms with E-state index in [0.717, 1.165) is 12.3 Å². The highest BCUT2D eigenvalue weighted by molar-refractivity contribution is 5.82. The predicted molar refractivity (Wildman–Crippen MR) is 67.8 cm³/mol. The van der Waals surface area contributed by atoms with Crippen LogP contribution in [0.1, 0.15) is 19.0 Å². The van der Waals surface area contributed by atoms with E-state index in [1.165, 1.54) is 0 Å². The quantitative estimate of drug-likeness (QED) is 0.861. The Balaban J connectivity index is 2.33. The van der Waals surface area contributed by atoms with Crippen molar-refractivity contribution in [2.75, 3.05) is 23.7 Å². The molecule has 0 aromatic carbocycles. The molecule has 1 aromatic rings. The van der Waals surface area contributed by atoms with E-state index in [1.807, 2.05) is 0 Å². The van der Waals surface area contributed by atoms with E-state index in [9.17, 15) is 18.0 Å². The molecule has 5 nitrogen and oxygen atoms in total. The van der Waals surface area contributed by atoms with E-state index in [0.29, 0.717) is 13.0 Å². The van der Waals surface area contributed by atoms with Crippen molar-refractivity contribution in [2.45, 2.75) is 19.5 Å². The van der Waals surface area contributed by atoms with Gasteiger partial charge in [-0.25, -0.2) is 4.98 Å². The average Bonchev–Trinajstić information content (AvgIpc) is 2.72. The van der Waals surface area contributed by atoms with E-state index in [4.69, 9.17) is 11.5 Å². The molecule has 1 aromatic heterocycles. The number of aromatic nitrogens is 1. The molecule has 110 valence electrons. The third kappa shape index (κ3) is 2.50. The molecule has 0 spiro atoms. The molecule has 0 saturated carbocycles. The number of carbonyl (C=O) groups excluding carboxylic acids is 1. The van der Waals surface area contributed by atoms with Crippen LogP contribution in [0.2, 0.25) is 0 Å². The van der Waals surface area contributed by atoms with Crippen LogP contribution in [-0.4, -0.2) is 24.0 Å². The number of nitrogen functional groups attached to an aromatic ring is 1. The Morgan fingerprint density at radius 3 is 2.65 bits per heavy atom. The van der Waals surface area contributed by atoms with Crippen molar-refractivity contribution in [3.63, 3.8) is 0 Å². The van der Waals surface area contributed by atoms with E-state index in [1.54, 1.807) is 11.8 Å². The highest BCUT2D eigenvalue weighted by Crippen LogP contribution is 2.37. The summed E-state index contributed by atoms with van der Waals surface area (Å²) in [6.07, 6.45) is -3.07. The summed E-state index contributed by atoms with van der Waals surface area (Å²) in [5.74, 6) is -0.469. The molecule has 0 radical (unpaired) electrons. The number of anilines is 2. The van der Waals surface area contributed by atoms with Crippen LogP contribution in [0.25, 0.3) is 0 Å². The van der Waals surface area contributed by atoms with Crippen molar-refractivity contribution in [1.29, 1.82) is 0 Å². The molecule has 4 N–H and O–H groups in total. The summed E-state index contributed by atoms with van der Waals surface area (Å²) in [4.78, 5) is 16.3. The summed E-state index contributed by atoms with van der Waals surface area (Å²) in [6.45, 7) is 2.36. The summed E-state index contributed by atoms with van der Waals surface area (Å²) in [7, 11) is 0. The number of pyridine rings is 1. The zero-order chi connectivity index (χ0) is 15.1. The van der Waals surface area contributed by atoms with Crippen LogP contribution < -0.4 is 16.4 Å². The summed E-state index contributed by atoms with van der Waals surface area (Å²) in [5, 5.41) is 0. The maximum Gasteiger partial charge on any atom is 0.433 e. The van der Waals surface area contributed by atoms with Crippen LogP contribution in [0.4, 0.5) is 24.5 Å². The number of alkyl halides is 3. The molecule has 0 bridgehead atoms. The lowest BCUT2D eigenvalue weighted by molar-refractivity contribution is -0.141. The minimum absolute atomic E-state index is 0.145. The number of primary amides is 1. The van der Waals surface area contributed by atoms with Gasteiger partial charge in [0.25, 0.3) is 0 Å². The number of nitrogens with zero attached hydrogens (tertiary/aromatic N) is 2. The number of hydrogen-bond donors (Lipinski definition) is 2. The van der Waals surface area contributed by atoms with Gasteiger partial charge < -0.3 is 16.4 Å². The lowest BCUT2D eigenvalue weighted by atomic mass is 9.89. The Hall–Kier alpha value is -1.99. The van der Waals surface area contributed by atoms with E-state index < -0.39 is 23.2 Å². The first-order chi connectivity index (χ1) is 9.13. The summed E-state index contributed by atoms with van der Waals surface area (Å²) >= 11 is 0. The van der Waals surface area contributed by atoms with Gasteiger partial charge in [-0.05, 0) is 19.4 Å². The fourth-order valence-electron chi connectivity index (χ4n) is 2.25. The number of nitrogens with two attached hydrogens (primary N) is 2. The molecular weight excluding hydrogens is 273 g/mol. The fraction of sp³-hybridized carbons (Fsp3) is 0.500. The first kappa shape index (κ1) is 14.4. The summed E-state index contributed by atoms with van der Waals surface area (Å²) in [6, 6.07) is 0.905. The number of amides is 1. The maximum atomic E-state index is 12.7. The van der Waals surface area contributed by atoms with Gasteiger partial charge in [-0.2, -0.15) is 13.2 Å². The molecular formula is C12H15F3N4O. The van der Waals surface area contributed by atoms with Crippen LogP contribution >= 0.6 is 0 Å². The van der Waals surface area contributed by atoms with Gasteiger partial charge in [0.2, 0.25) is 5.91 Å². The molecule has 1 unspecified atom stereocenters. The molecule has 1 amide bonds. The zero-order valence-corrected chi connectivity index (χ0v) is 10.9. The lowest BCUT2D eigenvalue weighted by Crippen LogP contribution is -2.37. The third-order valence-electron chi connectivity index (χ3n) is 3.61. The molecule has 1 saturated heterocycles. The van der Waals surface area contributed by atoms with Gasteiger partial charge >= 0.3 is 6.18 Å². The Morgan fingerprint density at radius 2 is 2.15 bits per heavy atom. The molecule has 2 rings (SSSR count). The maximum absolute atomic E-state index is 12.7. The van der Waals surface area contributed by atoms with Crippen molar-refractivity contribution in [3.05, 3.63) is 18.0 Å². The first-order valence-corrected chi connectivity index (χ1v) is 6.01. The molecule has 1 fully saturated rings. The Kier molecular flexibility index (Phi) is 3.27. The minimum atomic E-state index is -4.53. The van der Waals surface area contributed by atoms with Gasteiger partial charge in [0.15, 0.2) is 0 Å². The number of hydrogen-bond acceptors (Lipinski definition) is 4. The Bertz CT molecular complexity index is 546. The highest BCUT2D eigenvalue weighted by Gasteiger charge is 2.40. The van der Waals surface area contributed by atoms with Crippen LogP contribution in [0.3, 0.4) is 0 Å². The molecule has 1 aliphatic rings. The van der Waals surface area contributed by atoms with Crippen LogP contribution in [-0.2, 0) is 11.0 Å². The predicted octanol–water partition coefficient (Wildman–Crippen LogP) is 1.38. The minimum Gasteiger partial charge on any atom is -0.396 e. The van der Waals surface area contributed by atoms with Gasteiger partial charge in [-0.15, -0.1) is 0 Å². The second kappa shape index (κ2) is 4.53. The van der Waals surface area contributed by atoms with Crippen LogP contribution in [0.5, 0.6) is 0 Å².